The molecule has 1 amide bonds. The molecule has 1 aromatic rings. The van der Waals surface area contributed by atoms with E-state index in [9.17, 15) is 10.1 Å². The lowest BCUT2D eigenvalue weighted by Crippen LogP contribution is -2.33. The van der Waals surface area contributed by atoms with Crippen LogP contribution < -0.4 is 0 Å². The Morgan fingerprint density at radius 1 is 1.44 bits per heavy atom. The summed E-state index contributed by atoms with van der Waals surface area (Å²) in [5.74, 6) is -0.160. The molecule has 1 atom stereocenters. The third-order valence-electron chi connectivity index (χ3n) is 2.96. The second-order valence-corrected chi connectivity index (χ2v) is 4.15. The molecule has 1 aliphatic heterocycles. The molecule has 0 fully saturated rings. The van der Waals surface area contributed by atoms with Crippen molar-refractivity contribution in [2.75, 3.05) is 0 Å². The number of hydrogen-bond acceptors (Lipinski definition) is 2. The number of benzene rings is 1. The van der Waals surface area contributed by atoms with Crippen molar-refractivity contribution < 1.29 is 4.79 Å². The van der Waals surface area contributed by atoms with Crippen LogP contribution in [0.15, 0.2) is 42.1 Å². The molecule has 0 N–H and O–H groups in total. The van der Waals surface area contributed by atoms with Gasteiger partial charge in [0.15, 0.2) is 0 Å². The van der Waals surface area contributed by atoms with Gasteiger partial charge in [-0.15, -0.1) is 0 Å². The maximum Gasteiger partial charge on any atom is 0.251 e. The summed E-state index contributed by atoms with van der Waals surface area (Å²) in [7, 11) is 0. The van der Waals surface area contributed by atoms with Crippen LogP contribution in [0.5, 0.6) is 0 Å². The Morgan fingerprint density at radius 3 is 2.83 bits per heavy atom. The molecule has 0 bridgehead atoms. The Bertz CT molecular complexity index is 578. The molecule has 1 aromatic carbocycles. The fraction of sp³-hybridized carbons (Fsp3) is 0.200. The zero-order chi connectivity index (χ0) is 13.1. The van der Waals surface area contributed by atoms with Crippen molar-refractivity contribution in [1.29, 1.82) is 5.26 Å². The molecule has 0 aromatic heterocycles. The third kappa shape index (κ3) is 1.93. The monoisotopic (exact) mass is 238 g/mol. The Labute approximate surface area is 107 Å². The van der Waals surface area contributed by atoms with Gasteiger partial charge >= 0.3 is 0 Å². The molecule has 0 aliphatic carbocycles. The van der Waals surface area contributed by atoms with Gasteiger partial charge in [0.1, 0.15) is 6.04 Å². The predicted octanol–water partition coefficient (Wildman–Crippen LogP) is 3.03. The van der Waals surface area contributed by atoms with Gasteiger partial charge in [-0.25, -0.2) is 0 Å². The number of carbonyl (C=O) groups is 1. The number of allylic oxidation sites excluding steroid dienone is 2. The highest BCUT2D eigenvalue weighted by Gasteiger charge is 2.29. The van der Waals surface area contributed by atoms with Gasteiger partial charge in [-0.1, -0.05) is 30.3 Å². The van der Waals surface area contributed by atoms with Crippen molar-refractivity contribution in [2.24, 2.45) is 0 Å². The van der Waals surface area contributed by atoms with Crippen molar-refractivity contribution in [3.63, 3.8) is 0 Å². The molecular weight excluding hydrogens is 224 g/mol. The fourth-order valence-electron chi connectivity index (χ4n) is 2.18. The molecule has 1 heterocycles. The summed E-state index contributed by atoms with van der Waals surface area (Å²) in [5.41, 5.74) is 2.68. The summed E-state index contributed by atoms with van der Waals surface area (Å²) in [5, 5.41) is 9.35. The number of rotatable bonds is 1. The first-order valence-corrected chi connectivity index (χ1v) is 5.81. The van der Waals surface area contributed by atoms with Gasteiger partial charge in [-0.2, -0.15) is 5.26 Å². The summed E-state index contributed by atoms with van der Waals surface area (Å²) >= 11 is 0. The van der Waals surface area contributed by atoms with E-state index in [0.717, 1.165) is 16.8 Å². The highest BCUT2D eigenvalue weighted by atomic mass is 16.2. The van der Waals surface area contributed by atoms with Crippen molar-refractivity contribution in [3.05, 3.63) is 53.2 Å². The zero-order valence-electron chi connectivity index (χ0n) is 10.4. The minimum atomic E-state index is -0.546. The Balaban J connectivity index is 2.53. The van der Waals surface area contributed by atoms with Gasteiger partial charge in [0.2, 0.25) is 0 Å². The van der Waals surface area contributed by atoms with E-state index in [1.54, 1.807) is 13.0 Å². The molecule has 90 valence electrons. The second kappa shape index (κ2) is 4.89. The molecule has 1 aliphatic rings. The highest BCUT2D eigenvalue weighted by molar-refractivity contribution is 5.91. The first-order valence-electron chi connectivity index (χ1n) is 5.81. The predicted molar refractivity (Wildman–Crippen MR) is 70.1 cm³/mol. The van der Waals surface area contributed by atoms with Crippen LogP contribution in [0, 0.1) is 11.3 Å². The van der Waals surface area contributed by atoms with Gasteiger partial charge in [0.05, 0.1) is 6.07 Å². The molecule has 2 rings (SSSR count). The highest BCUT2D eigenvalue weighted by Crippen LogP contribution is 2.33. The molecule has 0 saturated heterocycles. The number of amides is 1. The minimum Gasteiger partial charge on any atom is -0.292 e. The lowest BCUT2D eigenvalue weighted by Gasteiger charge is -2.32. The maximum atomic E-state index is 12.0. The molecular formula is C15H14N2O. The normalized spacial score (nSPS) is 18.2. The molecule has 0 unspecified atom stereocenters. The number of carbonyl (C=O) groups excluding carboxylic acids is 1. The van der Waals surface area contributed by atoms with Crippen molar-refractivity contribution in [3.8, 4) is 6.07 Å². The van der Waals surface area contributed by atoms with E-state index >= 15 is 0 Å². The van der Waals surface area contributed by atoms with E-state index in [1.807, 2.05) is 37.3 Å². The topological polar surface area (TPSA) is 44.1 Å². The first kappa shape index (κ1) is 12.1. The van der Waals surface area contributed by atoms with Crippen LogP contribution in [0.2, 0.25) is 0 Å². The van der Waals surface area contributed by atoms with E-state index in [0.29, 0.717) is 0 Å². The molecule has 0 radical (unpaired) electrons. The Kier molecular flexibility index (Phi) is 3.29. The molecule has 0 spiro atoms. The fourth-order valence-corrected chi connectivity index (χ4v) is 2.18. The molecule has 0 saturated carbocycles. The SMILES string of the molecule is C/C=C\C(=O)N1C(C)=Cc2ccccc2[C@H]1C#N. The van der Waals surface area contributed by atoms with E-state index in [1.165, 1.54) is 11.0 Å². The minimum absolute atomic E-state index is 0.160. The zero-order valence-corrected chi connectivity index (χ0v) is 10.4. The van der Waals surface area contributed by atoms with E-state index in [-0.39, 0.29) is 5.91 Å². The van der Waals surface area contributed by atoms with Gasteiger partial charge < -0.3 is 0 Å². The largest absolute Gasteiger partial charge is 0.292 e. The number of fused-ring (bicyclic) bond motifs is 1. The van der Waals surface area contributed by atoms with Crippen LogP contribution in [0.25, 0.3) is 6.08 Å². The average molecular weight is 238 g/mol. The van der Waals surface area contributed by atoms with E-state index < -0.39 is 6.04 Å². The average Bonchev–Trinajstić information content (AvgIpc) is 2.37. The van der Waals surface area contributed by atoms with Crippen LogP contribution >= 0.6 is 0 Å². The lowest BCUT2D eigenvalue weighted by atomic mass is 9.95. The van der Waals surface area contributed by atoms with Crippen molar-refractivity contribution in [1.82, 2.24) is 4.90 Å². The van der Waals surface area contributed by atoms with Gasteiger partial charge in [0, 0.05) is 5.70 Å². The van der Waals surface area contributed by atoms with Gasteiger partial charge in [-0.3, -0.25) is 9.69 Å². The van der Waals surface area contributed by atoms with E-state index in [4.69, 9.17) is 0 Å². The molecule has 3 heteroatoms. The van der Waals surface area contributed by atoms with Gasteiger partial charge in [-0.05, 0) is 37.1 Å². The quantitative estimate of drug-likeness (QED) is 0.706. The standard InChI is InChI=1S/C15H14N2O/c1-3-6-15(18)17-11(2)9-12-7-4-5-8-13(12)14(17)10-16/h3-9,14H,1-2H3/b6-3-/t14-/m1/s1. The first-order chi connectivity index (χ1) is 8.69. The summed E-state index contributed by atoms with van der Waals surface area (Å²) in [6.45, 7) is 3.64. The van der Waals surface area contributed by atoms with E-state index in [2.05, 4.69) is 6.07 Å². The number of hydrogen-bond donors (Lipinski definition) is 0. The summed E-state index contributed by atoms with van der Waals surface area (Å²) < 4.78 is 0. The van der Waals surface area contributed by atoms with Crippen LogP contribution in [-0.4, -0.2) is 10.8 Å². The number of nitrogens with zero attached hydrogens (tertiary/aromatic N) is 2. The number of nitriles is 1. The Morgan fingerprint density at radius 2 is 2.17 bits per heavy atom. The Hall–Kier alpha value is -2.34. The summed E-state index contributed by atoms with van der Waals surface area (Å²) in [6, 6.07) is 9.33. The van der Waals surface area contributed by atoms with Crippen LogP contribution in [0.4, 0.5) is 0 Å². The van der Waals surface area contributed by atoms with Crippen LogP contribution in [0.3, 0.4) is 0 Å². The smallest absolute Gasteiger partial charge is 0.251 e. The maximum absolute atomic E-state index is 12.0. The summed E-state index contributed by atoms with van der Waals surface area (Å²) in [4.78, 5) is 13.6. The summed E-state index contributed by atoms with van der Waals surface area (Å²) in [6.07, 6.45) is 5.10. The molecule has 3 nitrogen and oxygen atoms in total. The second-order valence-electron chi connectivity index (χ2n) is 4.15. The lowest BCUT2D eigenvalue weighted by molar-refractivity contribution is -0.125. The van der Waals surface area contributed by atoms with Crippen LogP contribution in [-0.2, 0) is 4.79 Å². The van der Waals surface area contributed by atoms with Crippen molar-refractivity contribution >= 4 is 12.0 Å². The molecule has 18 heavy (non-hydrogen) atoms. The van der Waals surface area contributed by atoms with Crippen LogP contribution in [0.1, 0.15) is 31.0 Å². The van der Waals surface area contributed by atoms with Crippen molar-refractivity contribution in [2.45, 2.75) is 19.9 Å². The van der Waals surface area contributed by atoms with Gasteiger partial charge in [0.25, 0.3) is 5.91 Å². The third-order valence-corrected chi connectivity index (χ3v) is 2.96.